The zero-order valence-corrected chi connectivity index (χ0v) is 8.47. The molecule has 3 heteroatoms. The van der Waals surface area contributed by atoms with Crippen LogP contribution >= 0.6 is 0 Å². The molecule has 3 nitrogen and oxygen atoms in total. The first-order chi connectivity index (χ1) is 7.18. The third-order valence-corrected chi connectivity index (χ3v) is 1.65. The van der Waals surface area contributed by atoms with E-state index in [1.165, 1.54) is 13.2 Å². The summed E-state index contributed by atoms with van der Waals surface area (Å²) < 4.78 is 4.72. The fourth-order valence-electron chi connectivity index (χ4n) is 0.998. The summed E-state index contributed by atoms with van der Waals surface area (Å²) in [7, 11) is 0. The molecule has 0 radical (unpaired) electrons. The fraction of sp³-hybridized carbons (Fsp3) is 0.167. The van der Waals surface area contributed by atoms with Gasteiger partial charge >= 0.3 is 5.97 Å². The van der Waals surface area contributed by atoms with E-state index in [-0.39, 0.29) is 12.2 Å². The molecule has 0 bridgehead atoms. The van der Waals surface area contributed by atoms with E-state index in [4.69, 9.17) is 4.74 Å². The molecule has 0 N–H and O–H groups in total. The molecule has 1 rings (SSSR count). The SMILES string of the molecule is CC(=O)CC(=O)O/C=C/c1ccccc1. The van der Waals surface area contributed by atoms with E-state index in [0.29, 0.717) is 0 Å². The monoisotopic (exact) mass is 204 g/mol. The van der Waals surface area contributed by atoms with Crippen molar-refractivity contribution in [3.05, 3.63) is 42.2 Å². The molecule has 15 heavy (non-hydrogen) atoms. The molecule has 0 aromatic heterocycles. The van der Waals surface area contributed by atoms with Gasteiger partial charge in [-0.2, -0.15) is 0 Å². The Morgan fingerprint density at radius 3 is 2.53 bits per heavy atom. The lowest BCUT2D eigenvalue weighted by molar-refractivity contribution is -0.140. The molecule has 0 heterocycles. The number of benzene rings is 1. The van der Waals surface area contributed by atoms with Crippen LogP contribution in [0.15, 0.2) is 36.6 Å². The maximum absolute atomic E-state index is 10.9. The topological polar surface area (TPSA) is 43.4 Å². The summed E-state index contributed by atoms with van der Waals surface area (Å²) in [4.78, 5) is 21.5. The highest BCUT2D eigenvalue weighted by Gasteiger charge is 2.03. The minimum atomic E-state index is -0.533. The van der Waals surface area contributed by atoms with Crippen molar-refractivity contribution in [3.8, 4) is 0 Å². The second-order valence-electron chi connectivity index (χ2n) is 3.08. The molecule has 0 atom stereocenters. The molecule has 0 fully saturated rings. The number of esters is 1. The van der Waals surface area contributed by atoms with Gasteiger partial charge in [0.1, 0.15) is 12.2 Å². The molecular weight excluding hydrogens is 192 g/mol. The summed E-state index contributed by atoms with van der Waals surface area (Å²) in [5.41, 5.74) is 0.938. The number of ketones is 1. The van der Waals surface area contributed by atoms with E-state index in [1.807, 2.05) is 30.3 Å². The molecule has 0 aliphatic carbocycles. The van der Waals surface area contributed by atoms with Crippen LogP contribution in [-0.2, 0) is 14.3 Å². The Bertz CT molecular complexity index is 366. The molecule has 0 saturated heterocycles. The van der Waals surface area contributed by atoms with E-state index in [9.17, 15) is 9.59 Å². The number of carbonyl (C=O) groups is 2. The number of Topliss-reactive ketones (excluding diaryl/α,β-unsaturated/α-hetero) is 1. The lowest BCUT2D eigenvalue weighted by Gasteiger charge is -1.95. The van der Waals surface area contributed by atoms with E-state index in [2.05, 4.69) is 0 Å². The van der Waals surface area contributed by atoms with Crippen molar-refractivity contribution in [2.45, 2.75) is 13.3 Å². The Morgan fingerprint density at radius 1 is 1.27 bits per heavy atom. The number of hydrogen-bond donors (Lipinski definition) is 0. The van der Waals surface area contributed by atoms with Crippen molar-refractivity contribution in [1.29, 1.82) is 0 Å². The van der Waals surface area contributed by atoms with Crippen LogP contribution in [0.3, 0.4) is 0 Å². The number of rotatable bonds is 4. The van der Waals surface area contributed by atoms with Crippen molar-refractivity contribution in [2.75, 3.05) is 0 Å². The molecular formula is C12H12O3. The van der Waals surface area contributed by atoms with Gasteiger partial charge in [0.25, 0.3) is 0 Å². The van der Waals surface area contributed by atoms with Crippen LogP contribution in [0, 0.1) is 0 Å². The molecule has 1 aromatic rings. The Hall–Kier alpha value is -1.90. The highest BCUT2D eigenvalue weighted by atomic mass is 16.5. The Balaban J connectivity index is 2.40. The second kappa shape index (κ2) is 5.75. The standard InChI is InChI=1S/C12H12O3/c1-10(13)9-12(14)15-8-7-11-5-3-2-4-6-11/h2-8H,9H2,1H3/b8-7+. The fourth-order valence-corrected chi connectivity index (χ4v) is 0.998. The van der Waals surface area contributed by atoms with Gasteiger partial charge in [0.2, 0.25) is 0 Å². The van der Waals surface area contributed by atoms with Crippen LogP contribution in [-0.4, -0.2) is 11.8 Å². The zero-order valence-electron chi connectivity index (χ0n) is 8.47. The van der Waals surface area contributed by atoms with Crippen molar-refractivity contribution in [2.24, 2.45) is 0 Å². The van der Waals surface area contributed by atoms with Crippen molar-refractivity contribution in [3.63, 3.8) is 0 Å². The summed E-state index contributed by atoms with van der Waals surface area (Å²) in [5.74, 6) is -0.734. The van der Waals surface area contributed by atoms with Crippen molar-refractivity contribution in [1.82, 2.24) is 0 Å². The van der Waals surface area contributed by atoms with Gasteiger partial charge < -0.3 is 4.74 Å². The lowest BCUT2D eigenvalue weighted by Crippen LogP contribution is -2.04. The second-order valence-corrected chi connectivity index (χ2v) is 3.08. The first-order valence-electron chi connectivity index (χ1n) is 4.59. The molecule has 0 amide bonds. The van der Waals surface area contributed by atoms with Crippen LogP contribution in [0.1, 0.15) is 18.9 Å². The van der Waals surface area contributed by atoms with Crippen LogP contribution in [0.4, 0.5) is 0 Å². The Kier molecular flexibility index (Phi) is 4.29. The summed E-state index contributed by atoms with van der Waals surface area (Å²) in [5, 5.41) is 0. The lowest BCUT2D eigenvalue weighted by atomic mass is 10.2. The summed E-state index contributed by atoms with van der Waals surface area (Å²) in [6.07, 6.45) is 2.78. The molecule has 78 valence electrons. The summed E-state index contributed by atoms with van der Waals surface area (Å²) in [6.45, 7) is 1.35. The number of ether oxygens (including phenoxy) is 1. The van der Waals surface area contributed by atoms with Gasteiger partial charge in [0.05, 0.1) is 6.26 Å². The van der Waals surface area contributed by atoms with Gasteiger partial charge in [-0.3, -0.25) is 9.59 Å². The van der Waals surface area contributed by atoms with Gasteiger partial charge in [-0.25, -0.2) is 0 Å². The van der Waals surface area contributed by atoms with Crippen LogP contribution < -0.4 is 0 Å². The summed E-state index contributed by atoms with van der Waals surface area (Å²) >= 11 is 0. The highest BCUT2D eigenvalue weighted by Crippen LogP contribution is 2.01. The van der Waals surface area contributed by atoms with Crippen molar-refractivity contribution < 1.29 is 14.3 Å². The maximum Gasteiger partial charge on any atom is 0.318 e. The zero-order chi connectivity index (χ0) is 11.1. The van der Waals surface area contributed by atoms with Crippen molar-refractivity contribution >= 4 is 17.8 Å². The average Bonchev–Trinajstić information content (AvgIpc) is 2.18. The van der Waals surface area contributed by atoms with E-state index in [1.54, 1.807) is 6.08 Å². The van der Waals surface area contributed by atoms with Gasteiger partial charge in [0, 0.05) is 0 Å². The normalized spacial score (nSPS) is 10.2. The van der Waals surface area contributed by atoms with Crippen LogP contribution in [0.5, 0.6) is 0 Å². The quantitative estimate of drug-likeness (QED) is 0.429. The largest absolute Gasteiger partial charge is 0.434 e. The van der Waals surface area contributed by atoms with Gasteiger partial charge in [-0.1, -0.05) is 30.3 Å². The minimum Gasteiger partial charge on any atom is -0.434 e. The average molecular weight is 204 g/mol. The van der Waals surface area contributed by atoms with Crippen LogP contribution in [0.25, 0.3) is 6.08 Å². The van der Waals surface area contributed by atoms with E-state index in [0.717, 1.165) is 5.56 Å². The third-order valence-electron chi connectivity index (χ3n) is 1.65. The smallest absolute Gasteiger partial charge is 0.318 e. The molecule has 1 aromatic carbocycles. The molecule has 0 spiro atoms. The van der Waals surface area contributed by atoms with Gasteiger partial charge in [-0.05, 0) is 18.6 Å². The highest BCUT2D eigenvalue weighted by molar-refractivity contribution is 5.94. The maximum atomic E-state index is 10.9. The molecule has 0 aliphatic rings. The summed E-state index contributed by atoms with van der Waals surface area (Å²) in [6, 6.07) is 9.44. The molecule has 0 aliphatic heterocycles. The minimum absolute atomic E-state index is 0.181. The predicted molar refractivity (Wildman–Crippen MR) is 56.9 cm³/mol. The first-order valence-corrected chi connectivity index (χ1v) is 4.59. The first kappa shape index (κ1) is 11.2. The molecule has 0 unspecified atom stereocenters. The van der Waals surface area contributed by atoms with E-state index < -0.39 is 5.97 Å². The predicted octanol–water partition coefficient (Wildman–Crippen LogP) is 2.18. The van der Waals surface area contributed by atoms with Gasteiger partial charge in [-0.15, -0.1) is 0 Å². The Labute approximate surface area is 88.4 Å². The van der Waals surface area contributed by atoms with E-state index >= 15 is 0 Å². The Morgan fingerprint density at radius 2 is 1.93 bits per heavy atom. The number of hydrogen-bond acceptors (Lipinski definition) is 3. The van der Waals surface area contributed by atoms with Gasteiger partial charge in [0.15, 0.2) is 0 Å². The van der Waals surface area contributed by atoms with Crippen LogP contribution in [0.2, 0.25) is 0 Å². The number of carbonyl (C=O) groups excluding carboxylic acids is 2. The molecule has 0 saturated carbocycles. The third kappa shape index (κ3) is 4.76.